The molecule has 1 fully saturated rings. The van der Waals surface area contributed by atoms with Crippen molar-refractivity contribution in [2.45, 2.75) is 25.4 Å². The van der Waals surface area contributed by atoms with Gasteiger partial charge in [-0.3, -0.25) is 0 Å². The van der Waals surface area contributed by atoms with Crippen molar-refractivity contribution in [3.8, 4) is 0 Å². The summed E-state index contributed by atoms with van der Waals surface area (Å²) in [4.78, 5) is 11.6. The second-order valence-electron chi connectivity index (χ2n) is 5.83. The molecule has 1 aliphatic rings. The van der Waals surface area contributed by atoms with Crippen LogP contribution in [0.3, 0.4) is 0 Å². The molecule has 3 rings (SSSR count). The smallest absolute Gasteiger partial charge is 0.0838 e. The summed E-state index contributed by atoms with van der Waals surface area (Å²) >= 11 is 0. The molecule has 2 aromatic carbocycles. The molecule has 0 aliphatic carbocycles. The van der Waals surface area contributed by atoms with E-state index in [0.29, 0.717) is 12.1 Å². The minimum absolute atomic E-state index is 0.0972. The molecular formula is C18H19N3O2. The minimum atomic E-state index is -0.251. The van der Waals surface area contributed by atoms with E-state index < -0.39 is 0 Å². The molecule has 0 bridgehead atoms. The predicted molar refractivity (Wildman–Crippen MR) is 89.0 cm³/mol. The zero-order valence-corrected chi connectivity index (χ0v) is 12.9. The molecule has 0 radical (unpaired) electrons. The fourth-order valence-corrected chi connectivity index (χ4v) is 3.36. The lowest BCUT2D eigenvalue weighted by Crippen LogP contribution is -2.41. The number of nitrogens with zero attached hydrogens (tertiary/aromatic N) is 3. The highest BCUT2D eigenvalue weighted by Gasteiger charge is 2.41. The monoisotopic (exact) mass is 309 g/mol. The number of oxime groups is 1. The molecule has 1 saturated heterocycles. The summed E-state index contributed by atoms with van der Waals surface area (Å²) in [6.45, 7) is 1.96. The molecule has 3 unspecified atom stereocenters. The Kier molecular flexibility index (Phi) is 4.37. The first-order valence-electron chi connectivity index (χ1n) is 7.68. The third-order valence-corrected chi connectivity index (χ3v) is 4.55. The SMILES string of the molecule is CC1/C(=N\O)CC(c2ccccc2)N(N=O)C1c1ccccc1. The molecule has 5 heteroatoms. The fraction of sp³-hybridized carbons (Fsp3) is 0.278. The molecule has 0 spiro atoms. The number of piperidine rings is 1. The van der Waals surface area contributed by atoms with Gasteiger partial charge in [0.05, 0.1) is 23.1 Å². The molecule has 23 heavy (non-hydrogen) atoms. The number of nitroso groups, excluding NO2 is 1. The van der Waals surface area contributed by atoms with Crippen molar-refractivity contribution in [3.05, 3.63) is 76.7 Å². The zero-order valence-electron chi connectivity index (χ0n) is 12.9. The highest BCUT2D eigenvalue weighted by Crippen LogP contribution is 2.43. The van der Waals surface area contributed by atoms with Gasteiger partial charge in [-0.15, -0.1) is 4.91 Å². The van der Waals surface area contributed by atoms with Gasteiger partial charge in [0.15, 0.2) is 0 Å². The molecule has 0 aromatic heterocycles. The van der Waals surface area contributed by atoms with Crippen molar-refractivity contribution in [1.82, 2.24) is 5.01 Å². The number of hydrogen-bond acceptors (Lipinski definition) is 4. The first-order chi connectivity index (χ1) is 11.3. The van der Waals surface area contributed by atoms with E-state index in [1.54, 1.807) is 5.01 Å². The summed E-state index contributed by atoms with van der Waals surface area (Å²) in [6.07, 6.45) is 0.483. The van der Waals surface area contributed by atoms with E-state index in [2.05, 4.69) is 10.4 Å². The van der Waals surface area contributed by atoms with Gasteiger partial charge in [-0.25, -0.2) is 5.01 Å². The van der Waals surface area contributed by atoms with Crippen LogP contribution in [0.4, 0.5) is 0 Å². The molecule has 118 valence electrons. The number of hydrogen-bond donors (Lipinski definition) is 1. The Balaban J connectivity index is 2.07. The predicted octanol–water partition coefficient (Wildman–Crippen LogP) is 4.32. The summed E-state index contributed by atoms with van der Waals surface area (Å²) in [5.41, 5.74) is 2.66. The summed E-state index contributed by atoms with van der Waals surface area (Å²) < 4.78 is 0. The van der Waals surface area contributed by atoms with Crippen LogP contribution in [0.5, 0.6) is 0 Å². The molecule has 5 nitrogen and oxygen atoms in total. The Bertz CT molecular complexity index is 688. The molecular weight excluding hydrogens is 290 g/mol. The van der Waals surface area contributed by atoms with Gasteiger partial charge in [0, 0.05) is 12.3 Å². The van der Waals surface area contributed by atoms with Crippen molar-refractivity contribution in [1.29, 1.82) is 0 Å². The lowest BCUT2D eigenvalue weighted by molar-refractivity contribution is 0.0955. The van der Waals surface area contributed by atoms with E-state index in [0.717, 1.165) is 11.1 Å². The van der Waals surface area contributed by atoms with E-state index in [9.17, 15) is 10.1 Å². The van der Waals surface area contributed by atoms with Crippen LogP contribution >= 0.6 is 0 Å². The summed E-state index contributed by atoms with van der Waals surface area (Å²) in [6, 6.07) is 19.0. The second-order valence-corrected chi connectivity index (χ2v) is 5.83. The first kappa shape index (κ1) is 15.2. The van der Waals surface area contributed by atoms with E-state index >= 15 is 0 Å². The van der Waals surface area contributed by atoms with Crippen LogP contribution in [0.1, 0.15) is 36.6 Å². The average Bonchev–Trinajstić information content (AvgIpc) is 2.62. The van der Waals surface area contributed by atoms with E-state index in [1.807, 2.05) is 67.6 Å². The standard InChI is InChI=1S/C18H19N3O2/c1-13-16(19-22)12-17(14-8-4-2-5-9-14)21(20-23)18(13)15-10-6-3-7-11-15/h2-11,13,17-18,22H,12H2,1H3/b19-16-. The molecule has 0 amide bonds. The lowest BCUT2D eigenvalue weighted by Gasteiger charge is -2.42. The maximum Gasteiger partial charge on any atom is 0.0838 e. The Hall–Kier alpha value is -2.69. The third kappa shape index (κ3) is 2.82. The summed E-state index contributed by atoms with van der Waals surface area (Å²) in [5, 5.41) is 17.8. The van der Waals surface area contributed by atoms with E-state index in [1.165, 1.54) is 0 Å². The van der Waals surface area contributed by atoms with Crippen molar-refractivity contribution < 1.29 is 5.21 Å². The maximum absolute atomic E-state index is 11.6. The Morgan fingerprint density at radius 1 is 1.00 bits per heavy atom. The third-order valence-electron chi connectivity index (χ3n) is 4.55. The van der Waals surface area contributed by atoms with E-state index in [4.69, 9.17) is 0 Å². The molecule has 2 aromatic rings. The average molecular weight is 309 g/mol. The molecule has 1 aliphatic heterocycles. The molecule has 3 atom stereocenters. The Morgan fingerprint density at radius 2 is 1.57 bits per heavy atom. The normalized spacial score (nSPS) is 26.2. The Labute approximate surface area is 135 Å². The summed E-state index contributed by atoms with van der Waals surface area (Å²) in [7, 11) is 0. The lowest BCUT2D eigenvalue weighted by atomic mass is 9.81. The molecule has 0 saturated carbocycles. The van der Waals surface area contributed by atoms with Crippen LogP contribution in [0, 0.1) is 10.8 Å². The minimum Gasteiger partial charge on any atom is -0.411 e. The van der Waals surface area contributed by atoms with Crippen LogP contribution < -0.4 is 0 Å². The van der Waals surface area contributed by atoms with Gasteiger partial charge in [0.25, 0.3) is 0 Å². The van der Waals surface area contributed by atoms with E-state index in [-0.39, 0.29) is 18.0 Å². The highest BCUT2D eigenvalue weighted by molar-refractivity contribution is 5.88. The van der Waals surface area contributed by atoms with Gasteiger partial charge in [0.1, 0.15) is 0 Å². The summed E-state index contributed by atoms with van der Waals surface area (Å²) in [5.74, 6) is -0.0972. The Morgan fingerprint density at radius 3 is 2.09 bits per heavy atom. The zero-order chi connectivity index (χ0) is 16.2. The largest absolute Gasteiger partial charge is 0.411 e. The number of rotatable bonds is 3. The first-order valence-corrected chi connectivity index (χ1v) is 7.68. The highest BCUT2D eigenvalue weighted by atomic mass is 16.4. The van der Waals surface area contributed by atoms with Crippen molar-refractivity contribution in [2.24, 2.45) is 16.4 Å². The van der Waals surface area contributed by atoms with Gasteiger partial charge >= 0.3 is 0 Å². The maximum atomic E-state index is 11.6. The van der Waals surface area contributed by atoms with Crippen molar-refractivity contribution >= 4 is 5.71 Å². The van der Waals surface area contributed by atoms with Crippen LogP contribution in [-0.2, 0) is 0 Å². The fourth-order valence-electron chi connectivity index (χ4n) is 3.36. The van der Waals surface area contributed by atoms with Gasteiger partial charge in [-0.2, -0.15) is 0 Å². The van der Waals surface area contributed by atoms with Gasteiger partial charge in [0.2, 0.25) is 0 Å². The van der Waals surface area contributed by atoms with Gasteiger partial charge < -0.3 is 5.21 Å². The van der Waals surface area contributed by atoms with Crippen molar-refractivity contribution in [2.75, 3.05) is 0 Å². The van der Waals surface area contributed by atoms with Crippen molar-refractivity contribution in [3.63, 3.8) is 0 Å². The second kappa shape index (κ2) is 6.60. The molecule has 1 N–H and O–H groups in total. The van der Waals surface area contributed by atoms with Crippen LogP contribution in [0.2, 0.25) is 0 Å². The molecule has 1 heterocycles. The van der Waals surface area contributed by atoms with Gasteiger partial charge in [-0.05, 0) is 11.1 Å². The van der Waals surface area contributed by atoms with Crippen LogP contribution in [0.25, 0.3) is 0 Å². The topological polar surface area (TPSA) is 65.3 Å². The van der Waals surface area contributed by atoms with Gasteiger partial charge in [-0.1, -0.05) is 72.7 Å². The van der Waals surface area contributed by atoms with Crippen LogP contribution in [0.15, 0.2) is 71.1 Å². The number of benzene rings is 2. The quantitative estimate of drug-likeness (QED) is 0.521. The van der Waals surface area contributed by atoms with Crippen LogP contribution in [-0.4, -0.2) is 15.9 Å².